The minimum Gasteiger partial charge on any atom is -0.378 e. The smallest absolute Gasteiger partial charge is 0.151 e. The SMILES string of the molecule is Cc1cc(Cl)ccc1CNc1cccnc1N1CCCC1. The summed E-state index contributed by atoms with van der Waals surface area (Å²) in [6.45, 7) is 5.08. The number of hydrogen-bond acceptors (Lipinski definition) is 3. The van der Waals surface area contributed by atoms with Crippen molar-refractivity contribution in [2.45, 2.75) is 26.3 Å². The van der Waals surface area contributed by atoms with Gasteiger partial charge >= 0.3 is 0 Å². The van der Waals surface area contributed by atoms with E-state index in [1.54, 1.807) is 0 Å². The number of benzene rings is 1. The van der Waals surface area contributed by atoms with Crippen molar-refractivity contribution in [1.82, 2.24) is 4.98 Å². The molecule has 2 heterocycles. The largest absolute Gasteiger partial charge is 0.378 e. The molecule has 1 aliphatic rings. The fourth-order valence-corrected chi connectivity index (χ4v) is 2.99. The average molecular weight is 302 g/mol. The lowest BCUT2D eigenvalue weighted by Gasteiger charge is -2.20. The highest BCUT2D eigenvalue weighted by Gasteiger charge is 2.16. The summed E-state index contributed by atoms with van der Waals surface area (Å²) in [4.78, 5) is 6.91. The van der Waals surface area contributed by atoms with E-state index >= 15 is 0 Å². The van der Waals surface area contributed by atoms with Gasteiger partial charge in [0.2, 0.25) is 0 Å². The lowest BCUT2D eigenvalue weighted by molar-refractivity contribution is 0.934. The third-order valence-electron chi connectivity index (χ3n) is 3.97. The number of nitrogens with zero attached hydrogens (tertiary/aromatic N) is 2. The molecule has 0 radical (unpaired) electrons. The van der Waals surface area contributed by atoms with Crippen molar-refractivity contribution in [1.29, 1.82) is 0 Å². The zero-order valence-corrected chi connectivity index (χ0v) is 13.0. The molecule has 1 aromatic carbocycles. The number of nitrogens with one attached hydrogen (secondary N) is 1. The van der Waals surface area contributed by atoms with Crippen LogP contribution in [0.15, 0.2) is 36.5 Å². The number of halogens is 1. The molecule has 0 unspecified atom stereocenters. The topological polar surface area (TPSA) is 28.2 Å². The van der Waals surface area contributed by atoms with Gasteiger partial charge in [0, 0.05) is 30.9 Å². The van der Waals surface area contributed by atoms with Crippen LogP contribution in [-0.2, 0) is 6.54 Å². The molecular weight excluding hydrogens is 282 g/mol. The van der Waals surface area contributed by atoms with E-state index < -0.39 is 0 Å². The quantitative estimate of drug-likeness (QED) is 0.915. The molecule has 0 aliphatic carbocycles. The van der Waals surface area contributed by atoms with Gasteiger partial charge < -0.3 is 10.2 Å². The second kappa shape index (κ2) is 6.35. The van der Waals surface area contributed by atoms with Crippen molar-refractivity contribution in [3.63, 3.8) is 0 Å². The predicted octanol–water partition coefficient (Wildman–Crippen LogP) is 4.26. The molecule has 0 spiro atoms. The first-order valence-corrected chi connectivity index (χ1v) is 7.81. The Morgan fingerprint density at radius 2 is 2.05 bits per heavy atom. The highest BCUT2D eigenvalue weighted by Crippen LogP contribution is 2.27. The Balaban J connectivity index is 1.75. The molecule has 0 atom stereocenters. The number of aromatic nitrogens is 1. The van der Waals surface area contributed by atoms with Gasteiger partial charge in [-0.2, -0.15) is 0 Å². The molecule has 21 heavy (non-hydrogen) atoms. The van der Waals surface area contributed by atoms with Crippen LogP contribution in [0.4, 0.5) is 11.5 Å². The first-order valence-electron chi connectivity index (χ1n) is 7.43. The van der Waals surface area contributed by atoms with Gasteiger partial charge in [-0.25, -0.2) is 4.98 Å². The lowest BCUT2D eigenvalue weighted by Crippen LogP contribution is -2.20. The Kier molecular flexibility index (Phi) is 4.30. The van der Waals surface area contributed by atoms with Gasteiger partial charge in [0.1, 0.15) is 0 Å². The maximum atomic E-state index is 6.01. The number of rotatable bonds is 4. The molecule has 1 aromatic heterocycles. The molecule has 2 aromatic rings. The van der Waals surface area contributed by atoms with Crippen LogP contribution in [0, 0.1) is 6.92 Å². The Hall–Kier alpha value is -1.74. The minimum absolute atomic E-state index is 0.787. The molecule has 1 fully saturated rings. The summed E-state index contributed by atoms with van der Waals surface area (Å²) in [5, 5.41) is 4.31. The second-order valence-corrected chi connectivity index (χ2v) is 5.93. The Labute approximate surface area is 131 Å². The summed E-state index contributed by atoms with van der Waals surface area (Å²) in [6, 6.07) is 10.1. The van der Waals surface area contributed by atoms with Gasteiger partial charge in [-0.3, -0.25) is 0 Å². The van der Waals surface area contributed by atoms with Crippen LogP contribution in [0.1, 0.15) is 24.0 Å². The normalized spacial score (nSPS) is 14.5. The van der Waals surface area contributed by atoms with Crippen molar-refractivity contribution in [3.05, 3.63) is 52.7 Å². The van der Waals surface area contributed by atoms with E-state index in [1.807, 2.05) is 24.4 Å². The molecule has 1 aliphatic heterocycles. The van der Waals surface area contributed by atoms with Crippen molar-refractivity contribution in [3.8, 4) is 0 Å². The number of pyridine rings is 1. The van der Waals surface area contributed by atoms with Crippen molar-refractivity contribution in [2.75, 3.05) is 23.3 Å². The Morgan fingerprint density at radius 3 is 2.81 bits per heavy atom. The molecule has 1 saturated heterocycles. The van der Waals surface area contributed by atoms with E-state index in [0.717, 1.165) is 36.2 Å². The van der Waals surface area contributed by atoms with E-state index in [4.69, 9.17) is 11.6 Å². The summed E-state index contributed by atoms with van der Waals surface area (Å²) in [7, 11) is 0. The van der Waals surface area contributed by atoms with E-state index in [1.165, 1.54) is 24.0 Å². The Bertz CT molecular complexity index is 621. The monoisotopic (exact) mass is 301 g/mol. The minimum atomic E-state index is 0.787. The van der Waals surface area contributed by atoms with E-state index in [9.17, 15) is 0 Å². The average Bonchev–Trinajstić information content (AvgIpc) is 3.01. The third kappa shape index (κ3) is 3.30. The third-order valence-corrected chi connectivity index (χ3v) is 4.20. The molecule has 3 nitrogen and oxygen atoms in total. The van der Waals surface area contributed by atoms with Gasteiger partial charge in [0.05, 0.1) is 5.69 Å². The first-order chi connectivity index (χ1) is 10.2. The van der Waals surface area contributed by atoms with Crippen LogP contribution in [0.25, 0.3) is 0 Å². The number of hydrogen-bond donors (Lipinski definition) is 1. The summed E-state index contributed by atoms with van der Waals surface area (Å²) < 4.78 is 0. The first kappa shape index (κ1) is 14.2. The van der Waals surface area contributed by atoms with Crippen LogP contribution in [0.3, 0.4) is 0 Å². The molecule has 3 rings (SSSR count). The zero-order valence-electron chi connectivity index (χ0n) is 12.3. The summed E-state index contributed by atoms with van der Waals surface area (Å²) >= 11 is 6.01. The van der Waals surface area contributed by atoms with Crippen LogP contribution >= 0.6 is 11.6 Å². The fraction of sp³-hybridized carbons (Fsp3) is 0.353. The van der Waals surface area contributed by atoms with Gasteiger partial charge in [-0.05, 0) is 55.2 Å². The van der Waals surface area contributed by atoms with E-state index in [2.05, 4.69) is 34.3 Å². The summed E-state index contributed by atoms with van der Waals surface area (Å²) in [5.74, 6) is 1.07. The van der Waals surface area contributed by atoms with Crippen molar-refractivity contribution < 1.29 is 0 Å². The molecule has 0 saturated carbocycles. The van der Waals surface area contributed by atoms with Gasteiger partial charge in [-0.15, -0.1) is 0 Å². The zero-order chi connectivity index (χ0) is 14.7. The van der Waals surface area contributed by atoms with Crippen LogP contribution in [-0.4, -0.2) is 18.1 Å². The highest BCUT2D eigenvalue weighted by atomic mass is 35.5. The molecule has 110 valence electrons. The van der Waals surface area contributed by atoms with E-state index in [-0.39, 0.29) is 0 Å². The molecular formula is C17H20ClN3. The van der Waals surface area contributed by atoms with Crippen LogP contribution in [0.2, 0.25) is 5.02 Å². The fourth-order valence-electron chi connectivity index (χ4n) is 2.76. The summed E-state index contributed by atoms with van der Waals surface area (Å²) in [5.41, 5.74) is 3.57. The Morgan fingerprint density at radius 1 is 1.24 bits per heavy atom. The lowest BCUT2D eigenvalue weighted by atomic mass is 10.1. The van der Waals surface area contributed by atoms with Gasteiger partial charge in [0.25, 0.3) is 0 Å². The van der Waals surface area contributed by atoms with E-state index in [0.29, 0.717) is 0 Å². The maximum Gasteiger partial charge on any atom is 0.151 e. The van der Waals surface area contributed by atoms with Gasteiger partial charge in [-0.1, -0.05) is 17.7 Å². The van der Waals surface area contributed by atoms with Crippen LogP contribution < -0.4 is 10.2 Å². The molecule has 0 bridgehead atoms. The molecule has 4 heteroatoms. The van der Waals surface area contributed by atoms with Gasteiger partial charge in [0.15, 0.2) is 5.82 Å². The van der Waals surface area contributed by atoms with Crippen molar-refractivity contribution in [2.24, 2.45) is 0 Å². The molecule has 1 N–H and O–H groups in total. The maximum absolute atomic E-state index is 6.01. The summed E-state index contributed by atoms with van der Waals surface area (Å²) in [6.07, 6.45) is 4.38. The number of anilines is 2. The number of aryl methyl sites for hydroxylation is 1. The second-order valence-electron chi connectivity index (χ2n) is 5.49. The predicted molar refractivity (Wildman–Crippen MR) is 89.2 cm³/mol. The highest BCUT2D eigenvalue weighted by molar-refractivity contribution is 6.30. The standard InChI is InChI=1S/C17H20ClN3/c1-13-11-15(18)7-6-14(13)12-20-16-5-4-8-19-17(16)21-9-2-3-10-21/h4-8,11,20H,2-3,9-10,12H2,1H3. The van der Waals surface area contributed by atoms with Crippen LogP contribution in [0.5, 0.6) is 0 Å². The van der Waals surface area contributed by atoms with Crippen molar-refractivity contribution >= 4 is 23.1 Å². The molecule has 0 amide bonds.